The molecule has 1 aromatic rings. The molecule has 0 aliphatic carbocycles. The van der Waals surface area contributed by atoms with Gasteiger partial charge in [0.15, 0.2) is 0 Å². The summed E-state index contributed by atoms with van der Waals surface area (Å²) >= 11 is 3.16. The molecule has 0 aliphatic rings. The van der Waals surface area contributed by atoms with E-state index in [1.54, 1.807) is 26.8 Å². The zero-order valence-electron chi connectivity index (χ0n) is 8.87. The smallest absolute Gasteiger partial charge is 0.343 e. The SMILES string of the molecule is CC(C)(C)OC(=O)c1c(N)ccnc1Br. The molecule has 0 aliphatic heterocycles. The second kappa shape index (κ2) is 4.18. The molecule has 0 spiro atoms. The van der Waals surface area contributed by atoms with Crippen LogP contribution in [0.1, 0.15) is 31.1 Å². The van der Waals surface area contributed by atoms with E-state index in [9.17, 15) is 4.79 Å². The van der Waals surface area contributed by atoms with Crippen LogP contribution in [0.5, 0.6) is 0 Å². The number of anilines is 1. The molecule has 82 valence electrons. The Kier molecular flexibility index (Phi) is 3.34. The first-order valence-corrected chi connectivity index (χ1v) is 5.24. The Morgan fingerprint density at radius 2 is 2.13 bits per heavy atom. The molecule has 15 heavy (non-hydrogen) atoms. The number of carbonyl (C=O) groups is 1. The summed E-state index contributed by atoms with van der Waals surface area (Å²) in [6.45, 7) is 5.39. The van der Waals surface area contributed by atoms with Crippen molar-refractivity contribution in [3.63, 3.8) is 0 Å². The summed E-state index contributed by atoms with van der Waals surface area (Å²) in [5, 5.41) is 0. The van der Waals surface area contributed by atoms with E-state index in [0.29, 0.717) is 10.3 Å². The second-order valence-corrected chi connectivity index (χ2v) is 4.82. The predicted molar refractivity (Wildman–Crippen MR) is 61.5 cm³/mol. The van der Waals surface area contributed by atoms with Crippen molar-refractivity contribution in [2.75, 3.05) is 5.73 Å². The van der Waals surface area contributed by atoms with Crippen LogP contribution < -0.4 is 5.73 Å². The number of aromatic nitrogens is 1. The number of rotatable bonds is 1. The molecule has 0 radical (unpaired) electrons. The van der Waals surface area contributed by atoms with Crippen LogP contribution in [0.15, 0.2) is 16.9 Å². The average Bonchev–Trinajstić information content (AvgIpc) is 1.99. The first-order chi connectivity index (χ1) is 6.81. The van der Waals surface area contributed by atoms with Crippen LogP contribution in [0.2, 0.25) is 0 Å². The quantitative estimate of drug-likeness (QED) is 0.630. The van der Waals surface area contributed by atoms with Crippen LogP contribution in [-0.2, 0) is 4.74 Å². The summed E-state index contributed by atoms with van der Waals surface area (Å²) in [6.07, 6.45) is 1.52. The van der Waals surface area contributed by atoms with Gasteiger partial charge in [0.2, 0.25) is 0 Å². The van der Waals surface area contributed by atoms with Gasteiger partial charge in [0.05, 0.1) is 5.69 Å². The fraction of sp³-hybridized carbons (Fsp3) is 0.400. The van der Waals surface area contributed by atoms with E-state index in [2.05, 4.69) is 20.9 Å². The summed E-state index contributed by atoms with van der Waals surface area (Å²) in [5.74, 6) is -0.472. The molecule has 0 amide bonds. The fourth-order valence-electron chi connectivity index (χ4n) is 0.981. The molecular formula is C10H13BrN2O2. The summed E-state index contributed by atoms with van der Waals surface area (Å²) in [6, 6.07) is 1.56. The third kappa shape index (κ3) is 3.20. The van der Waals surface area contributed by atoms with E-state index in [4.69, 9.17) is 10.5 Å². The van der Waals surface area contributed by atoms with Crippen LogP contribution in [0, 0.1) is 0 Å². The highest BCUT2D eigenvalue weighted by atomic mass is 79.9. The summed E-state index contributed by atoms with van der Waals surface area (Å²) < 4.78 is 5.60. The van der Waals surface area contributed by atoms with Gasteiger partial charge in [-0.25, -0.2) is 9.78 Å². The van der Waals surface area contributed by atoms with Crippen molar-refractivity contribution in [3.8, 4) is 0 Å². The Balaban J connectivity index is 3.02. The minimum absolute atomic E-state index is 0.271. The number of nitrogens with two attached hydrogens (primary N) is 1. The number of nitrogens with zero attached hydrogens (tertiary/aromatic N) is 1. The zero-order valence-corrected chi connectivity index (χ0v) is 10.5. The van der Waals surface area contributed by atoms with E-state index < -0.39 is 11.6 Å². The molecule has 0 fully saturated rings. The van der Waals surface area contributed by atoms with Crippen LogP contribution in [0.4, 0.5) is 5.69 Å². The van der Waals surface area contributed by atoms with Gasteiger partial charge >= 0.3 is 5.97 Å². The van der Waals surface area contributed by atoms with Gasteiger partial charge in [0, 0.05) is 6.20 Å². The minimum atomic E-state index is -0.543. The lowest BCUT2D eigenvalue weighted by Crippen LogP contribution is -2.24. The first-order valence-electron chi connectivity index (χ1n) is 4.44. The first kappa shape index (κ1) is 12.0. The van der Waals surface area contributed by atoms with Crippen molar-refractivity contribution in [3.05, 3.63) is 22.4 Å². The molecule has 0 saturated heterocycles. The molecule has 0 atom stereocenters. The summed E-state index contributed by atoms with van der Waals surface area (Å²) in [7, 11) is 0. The van der Waals surface area contributed by atoms with E-state index in [-0.39, 0.29) is 5.56 Å². The molecule has 0 saturated carbocycles. The van der Waals surface area contributed by atoms with Gasteiger partial charge in [-0.3, -0.25) is 0 Å². The van der Waals surface area contributed by atoms with Crippen LogP contribution >= 0.6 is 15.9 Å². The molecule has 2 N–H and O–H groups in total. The Bertz CT molecular complexity index is 365. The summed E-state index contributed by atoms with van der Waals surface area (Å²) in [5.41, 5.74) is 5.75. The lowest BCUT2D eigenvalue weighted by atomic mass is 10.2. The molecule has 0 bridgehead atoms. The van der Waals surface area contributed by atoms with Gasteiger partial charge < -0.3 is 10.5 Å². The normalized spacial score (nSPS) is 11.2. The minimum Gasteiger partial charge on any atom is -0.456 e. The maximum absolute atomic E-state index is 11.7. The van der Waals surface area contributed by atoms with Crippen LogP contribution in [0.25, 0.3) is 0 Å². The van der Waals surface area contributed by atoms with Crippen molar-refractivity contribution < 1.29 is 9.53 Å². The van der Waals surface area contributed by atoms with Gasteiger partial charge in [-0.15, -0.1) is 0 Å². The number of ether oxygens (including phenoxy) is 1. The molecule has 1 heterocycles. The van der Waals surface area contributed by atoms with Gasteiger partial charge in [0.25, 0.3) is 0 Å². The van der Waals surface area contributed by atoms with Gasteiger partial charge in [0.1, 0.15) is 15.8 Å². The fourth-order valence-corrected chi connectivity index (χ4v) is 1.49. The predicted octanol–water partition coefficient (Wildman–Crippen LogP) is 2.38. The molecule has 0 aromatic carbocycles. The van der Waals surface area contributed by atoms with E-state index >= 15 is 0 Å². The topological polar surface area (TPSA) is 65.2 Å². The van der Waals surface area contributed by atoms with E-state index in [1.807, 2.05) is 0 Å². The number of pyridine rings is 1. The number of halogens is 1. The Hall–Kier alpha value is -1.10. The standard InChI is InChI=1S/C10H13BrN2O2/c1-10(2,3)15-9(14)7-6(12)4-5-13-8(7)11/h4-5H,1-3H3,(H2,12,13). The number of nitrogen functional groups attached to an aromatic ring is 1. The van der Waals surface area contributed by atoms with Crippen LogP contribution in [-0.4, -0.2) is 16.6 Å². The highest BCUT2D eigenvalue weighted by molar-refractivity contribution is 9.10. The highest BCUT2D eigenvalue weighted by Gasteiger charge is 2.22. The third-order valence-corrected chi connectivity index (χ3v) is 2.14. The largest absolute Gasteiger partial charge is 0.456 e. The number of hydrogen-bond acceptors (Lipinski definition) is 4. The Labute approximate surface area is 97.0 Å². The molecule has 4 nitrogen and oxygen atoms in total. The molecule has 5 heteroatoms. The number of carbonyl (C=O) groups excluding carboxylic acids is 1. The molecular weight excluding hydrogens is 260 g/mol. The average molecular weight is 273 g/mol. The number of hydrogen-bond donors (Lipinski definition) is 1. The lowest BCUT2D eigenvalue weighted by Gasteiger charge is -2.20. The monoisotopic (exact) mass is 272 g/mol. The Morgan fingerprint density at radius 3 is 2.60 bits per heavy atom. The van der Waals surface area contributed by atoms with Crippen LogP contribution in [0.3, 0.4) is 0 Å². The maximum Gasteiger partial charge on any atom is 0.343 e. The number of esters is 1. The highest BCUT2D eigenvalue weighted by Crippen LogP contribution is 2.22. The van der Waals surface area contributed by atoms with E-state index in [1.165, 1.54) is 6.20 Å². The molecule has 1 aromatic heterocycles. The maximum atomic E-state index is 11.7. The summed E-state index contributed by atoms with van der Waals surface area (Å²) in [4.78, 5) is 15.7. The van der Waals surface area contributed by atoms with Gasteiger partial charge in [-0.1, -0.05) is 0 Å². The van der Waals surface area contributed by atoms with Crippen molar-refractivity contribution >= 4 is 27.6 Å². The van der Waals surface area contributed by atoms with Crippen molar-refractivity contribution in [1.29, 1.82) is 0 Å². The van der Waals surface area contributed by atoms with Gasteiger partial charge in [-0.05, 0) is 42.8 Å². The Morgan fingerprint density at radius 1 is 1.53 bits per heavy atom. The zero-order chi connectivity index (χ0) is 11.6. The van der Waals surface area contributed by atoms with Crippen molar-refractivity contribution in [2.45, 2.75) is 26.4 Å². The third-order valence-electron chi connectivity index (χ3n) is 1.54. The molecule has 0 unspecified atom stereocenters. The van der Waals surface area contributed by atoms with Crippen molar-refractivity contribution in [2.24, 2.45) is 0 Å². The molecule has 1 rings (SSSR count). The second-order valence-electron chi connectivity index (χ2n) is 4.07. The van der Waals surface area contributed by atoms with Crippen molar-refractivity contribution in [1.82, 2.24) is 4.98 Å². The van der Waals surface area contributed by atoms with E-state index in [0.717, 1.165) is 0 Å². The van der Waals surface area contributed by atoms with Gasteiger partial charge in [-0.2, -0.15) is 0 Å². The lowest BCUT2D eigenvalue weighted by molar-refractivity contribution is 0.00692.